The maximum absolute atomic E-state index is 12.5. The van der Waals surface area contributed by atoms with Crippen LogP contribution in [0, 0.1) is 11.8 Å². The lowest BCUT2D eigenvalue weighted by Gasteiger charge is -2.48. The van der Waals surface area contributed by atoms with Crippen molar-refractivity contribution in [2.24, 2.45) is 11.8 Å². The van der Waals surface area contributed by atoms with Gasteiger partial charge in [0.25, 0.3) is 5.91 Å². The largest absolute Gasteiger partial charge is 0.381 e. The van der Waals surface area contributed by atoms with Gasteiger partial charge in [0, 0.05) is 19.3 Å². The van der Waals surface area contributed by atoms with Crippen molar-refractivity contribution in [3.05, 3.63) is 0 Å². The molecule has 0 saturated carbocycles. The Balaban J connectivity index is 0.000000583. The molecule has 0 spiro atoms. The molecule has 1 N–H and O–H groups in total. The molecule has 3 saturated heterocycles. The fourth-order valence-corrected chi connectivity index (χ4v) is 3.39. The molecule has 0 radical (unpaired) electrons. The van der Waals surface area contributed by atoms with Gasteiger partial charge in [0.1, 0.15) is 12.7 Å². The highest BCUT2D eigenvalue weighted by molar-refractivity contribution is 5.89. The summed E-state index contributed by atoms with van der Waals surface area (Å²) in [6, 6.07) is 0.216. The van der Waals surface area contributed by atoms with Gasteiger partial charge in [0.05, 0.1) is 6.54 Å². The standard InChI is InChI=1S/C15H25N3O4.C4H10.C2H6/c1-10(2)7-12-15(20)18-9-14(19)17(8-13(18)16-22-12)11-3-5-21-6-4-11;1-4(2)3;1-2/h10-13,16H,3-9H2,1-2H3;4H,1-3H3;1-2H3. The normalized spacial score (nSPS) is 25.8. The maximum Gasteiger partial charge on any atom is 0.255 e. The van der Waals surface area contributed by atoms with E-state index in [9.17, 15) is 9.59 Å². The van der Waals surface area contributed by atoms with E-state index >= 15 is 0 Å². The lowest BCUT2D eigenvalue weighted by Crippen LogP contribution is -2.69. The molecule has 28 heavy (non-hydrogen) atoms. The van der Waals surface area contributed by atoms with E-state index in [4.69, 9.17) is 9.57 Å². The first-order valence-corrected chi connectivity index (χ1v) is 10.9. The Morgan fingerprint density at radius 3 is 2.14 bits per heavy atom. The SMILES string of the molecule is CC.CC(C)C.CC(C)CC1ONC2CN(C3CCOCC3)C(=O)CN2C1=O. The van der Waals surface area contributed by atoms with Gasteiger partial charge in [0.2, 0.25) is 5.91 Å². The van der Waals surface area contributed by atoms with Crippen LogP contribution in [0.4, 0.5) is 0 Å². The van der Waals surface area contributed by atoms with Crippen molar-refractivity contribution in [3.63, 3.8) is 0 Å². The molecule has 164 valence electrons. The summed E-state index contributed by atoms with van der Waals surface area (Å²) in [6.07, 6.45) is 1.66. The number of nitrogens with one attached hydrogen (secondary N) is 1. The van der Waals surface area contributed by atoms with Crippen molar-refractivity contribution in [2.45, 2.75) is 86.0 Å². The molecule has 3 fully saturated rings. The van der Waals surface area contributed by atoms with Crippen LogP contribution in [0.3, 0.4) is 0 Å². The predicted octanol–water partition coefficient (Wildman–Crippen LogP) is 2.80. The molecule has 0 aromatic carbocycles. The maximum atomic E-state index is 12.5. The summed E-state index contributed by atoms with van der Waals surface area (Å²) in [6.45, 7) is 16.6. The molecule has 7 nitrogen and oxygen atoms in total. The smallest absolute Gasteiger partial charge is 0.255 e. The van der Waals surface area contributed by atoms with Crippen molar-refractivity contribution in [1.82, 2.24) is 15.3 Å². The molecular formula is C21H41N3O4. The van der Waals surface area contributed by atoms with Gasteiger partial charge in [-0.25, -0.2) is 0 Å². The van der Waals surface area contributed by atoms with Crippen molar-refractivity contribution in [2.75, 3.05) is 26.3 Å². The Kier molecular flexibility index (Phi) is 11.0. The minimum absolute atomic E-state index is 0.0310. The number of fused-ring (bicyclic) bond motifs is 1. The monoisotopic (exact) mass is 399 g/mol. The number of ether oxygens (including phenoxy) is 1. The minimum Gasteiger partial charge on any atom is -0.381 e. The van der Waals surface area contributed by atoms with E-state index in [1.165, 1.54) is 0 Å². The Labute approximate surface area is 171 Å². The molecule has 3 aliphatic heterocycles. The number of rotatable bonds is 3. The quantitative estimate of drug-likeness (QED) is 0.790. The second-order valence-corrected chi connectivity index (χ2v) is 8.46. The Morgan fingerprint density at radius 1 is 1.04 bits per heavy atom. The molecule has 7 heteroatoms. The number of carbonyl (C=O) groups excluding carboxylic acids is 2. The number of nitrogens with zero attached hydrogens (tertiary/aromatic N) is 2. The van der Waals surface area contributed by atoms with Gasteiger partial charge >= 0.3 is 0 Å². The molecule has 3 heterocycles. The molecule has 2 amide bonds. The first kappa shape index (κ1) is 24.9. The second-order valence-electron chi connectivity index (χ2n) is 8.46. The van der Waals surface area contributed by atoms with Crippen LogP contribution < -0.4 is 5.48 Å². The van der Waals surface area contributed by atoms with Crippen LogP contribution in [0.15, 0.2) is 0 Å². The van der Waals surface area contributed by atoms with Crippen molar-refractivity contribution in [3.8, 4) is 0 Å². The van der Waals surface area contributed by atoms with Crippen molar-refractivity contribution in [1.29, 1.82) is 0 Å². The fourth-order valence-electron chi connectivity index (χ4n) is 3.39. The summed E-state index contributed by atoms with van der Waals surface area (Å²) < 4.78 is 5.36. The number of hydrogen-bond acceptors (Lipinski definition) is 5. The van der Waals surface area contributed by atoms with Crippen LogP contribution in [-0.4, -0.2) is 66.2 Å². The van der Waals surface area contributed by atoms with Gasteiger partial charge < -0.3 is 14.5 Å². The van der Waals surface area contributed by atoms with Crippen molar-refractivity contribution >= 4 is 11.8 Å². The van der Waals surface area contributed by atoms with E-state index in [1.807, 2.05) is 18.7 Å². The van der Waals surface area contributed by atoms with Gasteiger partial charge in [-0.05, 0) is 31.1 Å². The van der Waals surface area contributed by atoms with Crippen LogP contribution in [0.25, 0.3) is 0 Å². The lowest BCUT2D eigenvalue weighted by atomic mass is 10.0. The molecule has 3 aliphatic rings. The molecule has 2 unspecified atom stereocenters. The van der Waals surface area contributed by atoms with E-state index in [0.29, 0.717) is 32.1 Å². The summed E-state index contributed by atoms with van der Waals surface area (Å²) in [4.78, 5) is 34.0. The fraction of sp³-hybridized carbons (Fsp3) is 0.905. The highest BCUT2D eigenvalue weighted by Gasteiger charge is 2.43. The van der Waals surface area contributed by atoms with Gasteiger partial charge in [-0.1, -0.05) is 48.5 Å². The zero-order chi connectivity index (χ0) is 21.3. The van der Waals surface area contributed by atoms with E-state index in [2.05, 4.69) is 40.1 Å². The molecule has 0 aromatic rings. The van der Waals surface area contributed by atoms with Gasteiger partial charge in [-0.3, -0.25) is 14.4 Å². The summed E-state index contributed by atoms with van der Waals surface area (Å²) in [5.41, 5.74) is 2.98. The summed E-state index contributed by atoms with van der Waals surface area (Å²) in [7, 11) is 0. The zero-order valence-corrected chi connectivity index (χ0v) is 18.9. The van der Waals surface area contributed by atoms with Crippen LogP contribution in [0.5, 0.6) is 0 Å². The van der Waals surface area contributed by atoms with Crippen LogP contribution >= 0.6 is 0 Å². The van der Waals surface area contributed by atoms with Gasteiger partial charge in [-0.15, -0.1) is 0 Å². The summed E-state index contributed by atoms with van der Waals surface area (Å²) in [5, 5.41) is 0. The Bertz CT molecular complexity index is 476. The van der Waals surface area contributed by atoms with Crippen LogP contribution in [0.1, 0.15) is 67.7 Å². The molecule has 2 atom stereocenters. The third-order valence-corrected chi connectivity index (χ3v) is 4.59. The molecule has 3 rings (SSSR count). The minimum atomic E-state index is -0.487. The average Bonchev–Trinajstić information content (AvgIpc) is 2.66. The molecule has 0 bridgehead atoms. The highest BCUT2D eigenvalue weighted by Crippen LogP contribution is 2.23. The Morgan fingerprint density at radius 2 is 1.61 bits per heavy atom. The number of piperazine rings is 1. The van der Waals surface area contributed by atoms with Crippen LogP contribution in [0.2, 0.25) is 0 Å². The topological polar surface area (TPSA) is 71.1 Å². The average molecular weight is 400 g/mol. The third-order valence-electron chi connectivity index (χ3n) is 4.59. The third kappa shape index (κ3) is 7.33. The number of hydrogen-bond donors (Lipinski definition) is 1. The second kappa shape index (κ2) is 12.4. The highest BCUT2D eigenvalue weighted by atomic mass is 16.7. The molecule has 0 aromatic heterocycles. The number of hydroxylamine groups is 1. The van der Waals surface area contributed by atoms with Crippen molar-refractivity contribution < 1.29 is 19.2 Å². The Hall–Kier alpha value is -1.18. The number of carbonyl (C=O) groups is 2. The molecule has 0 aliphatic carbocycles. The van der Waals surface area contributed by atoms with E-state index in [1.54, 1.807) is 4.90 Å². The lowest BCUT2D eigenvalue weighted by molar-refractivity contribution is -0.193. The van der Waals surface area contributed by atoms with Gasteiger partial charge in [-0.2, -0.15) is 5.48 Å². The summed E-state index contributed by atoms with van der Waals surface area (Å²) >= 11 is 0. The van der Waals surface area contributed by atoms with E-state index in [0.717, 1.165) is 18.8 Å². The van der Waals surface area contributed by atoms with Crippen LogP contribution in [-0.2, 0) is 19.2 Å². The number of amides is 2. The first-order valence-electron chi connectivity index (χ1n) is 10.9. The predicted molar refractivity (Wildman–Crippen MR) is 110 cm³/mol. The molecular weight excluding hydrogens is 358 g/mol. The van der Waals surface area contributed by atoms with E-state index < -0.39 is 6.10 Å². The van der Waals surface area contributed by atoms with Gasteiger partial charge in [0.15, 0.2) is 6.10 Å². The first-order chi connectivity index (χ1) is 13.3. The van der Waals surface area contributed by atoms with E-state index in [-0.39, 0.29) is 30.6 Å². The zero-order valence-electron chi connectivity index (χ0n) is 18.9. The summed E-state index contributed by atoms with van der Waals surface area (Å²) in [5.74, 6) is 1.16.